The summed E-state index contributed by atoms with van der Waals surface area (Å²) >= 11 is 0. The van der Waals surface area contributed by atoms with E-state index in [1.54, 1.807) is 18.2 Å². The van der Waals surface area contributed by atoms with Gasteiger partial charge < -0.3 is 15.0 Å². The van der Waals surface area contributed by atoms with Crippen LogP contribution >= 0.6 is 0 Å². The molecule has 2 rings (SSSR count). The van der Waals surface area contributed by atoms with Crippen molar-refractivity contribution in [3.8, 4) is 5.75 Å². The van der Waals surface area contributed by atoms with Crippen molar-refractivity contribution in [2.24, 2.45) is 0 Å². The molecule has 0 unspecified atom stereocenters. The van der Waals surface area contributed by atoms with Crippen molar-refractivity contribution < 1.29 is 22.7 Å². The zero-order valence-corrected chi connectivity index (χ0v) is 13.6. The molecule has 7 heteroatoms. The minimum Gasteiger partial charge on any atom is -0.482 e. The van der Waals surface area contributed by atoms with Crippen molar-refractivity contribution in [2.75, 3.05) is 31.6 Å². The molecule has 0 radical (unpaired) electrons. The third-order valence-electron chi connectivity index (χ3n) is 3.92. The Morgan fingerprint density at radius 2 is 1.71 bits per heavy atom. The predicted octanol–water partition coefficient (Wildman–Crippen LogP) is 3.83. The Kier molecular flexibility index (Phi) is 6.75. The van der Waals surface area contributed by atoms with Gasteiger partial charge in [0.05, 0.1) is 12.2 Å². The first-order valence-electron chi connectivity index (χ1n) is 8.26. The number of amides is 1. The summed E-state index contributed by atoms with van der Waals surface area (Å²) in [6.45, 7) is 0.178. The number of carbonyl (C=O) groups is 1. The van der Waals surface area contributed by atoms with Crippen LogP contribution in [0.3, 0.4) is 0 Å². The number of likely N-dealkylation sites (tertiary alicyclic amines) is 1. The average Bonchev–Trinajstić information content (AvgIpc) is 2.50. The highest BCUT2D eigenvalue weighted by molar-refractivity contribution is 5.81. The highest BCUT2D eigenvalue weighted by Gasteiger charge is 2.28. The molecular weight excluding hydrogens is 321 g/mol. The summed E-state index contributed by atoms with van der Waals surface area (Å²) in [6, 6.07) is 6.33. The number of rotatable bonds is 5. The van der Waals surface area contributed by atoms with Crippen molar-refractivity contribution in [2.45, 2.75) is 38.3 Å². The van der Waals surface area contributed by atoms with E-state index < -0.39 is 12.8 Å². The highest BCUT2D eigenvalue weighted by Crippen LogP contribution is 2.26. The molecule has 1 amide bonds. The molecule has 1 aliphatic heterocycles. The largest absolute Gasteiger partial charge is 0.482 e. The lowest BCUT2D eigenvalue weighted by Crippen LogP contribution is -2.37. The Hall–Kier alpha value is -1.92. The topological polar surface area (TPSA) is 41.6 Å². The summed E-state index contributed by atoms with van der Waals surface area (Å²) in [4.78, 5) is 14.1. The number of halogens is 3. The molecule has 1 aromatic carbocycles. The summed E-state index contributed by atoms with van der Waals surface area (Å²) in [7, 11) is 0. The van der Waals surface area contributed by atoms with Gasteiger partial charge >= 0.3 is 6.18 Å². The van der Waals surface area contributed by atoms with Crippen LogP contribution in [0.25, 0.3) is 0 Å². The van der Waals surface area contributed by atoms with Gasteiger partial charge in [0.25, 0.3) is 0 Å². The van der Waals surface area contributed by atoms with Gasteiger partial charge in [-0.1, -0.05) is 31.4 Å². The third-order valence-corrected chi connectivity index (χ3v) is 3.92. The molecule has 4 nitrogen and oxygen atoms in total. The number of hydrogen-bond acceptors (Lipinski definition) is 3. The van der Waals surface area contributed by atoms with Crippen LogP contribution in [0.4, 0.5) is 18.9 Å². The van der Waals surface area contributed by atoms with Gasteiger partial charge in [-0.15, -0.1) is 0 Å². The van der Waals surface area contributed by atoms with Crippen molar-refractivity contribution in [3.05, 3.63) is 24.3 Å². The fraction of sp³-hybridized carbons (Fsp3) is 0.588. The number of hydrogen-bond donors (Lipinski definition) is 1. The zero-order chi connectivity index (χ0) is 17.4. The van der Waals surface area contributed by atoms with Gasteiger partial charge in [-0.25, -0.2) is 0 Å². The molecule has 1 heterocycles. The lowest BCUT2D eigenvalue weighted by molar-refractivity contribution is -0.153. The molecule has 1 aromatic rings. The van der Waals surface area contributed by atoms with Gasteiger partial charge in [0, 0.05) is 13.1 Å². The minimum absolute atomic E-state index is 0.0393. The van der Waals surface area contributed by atoms with Crippen LogP contribution in [0.5, 0.6) is 5.75 Å². The number of para-hydroxylation sites is 2. The first-order valence-corrected chi connectivity index (χ1v) is 8.26. The summed E-state index contributed by atoms with van der Waals surface area (Å²) in [5, 5.41) is 2.90. The Bertz CT molecular complexity index is 527. The van der Waals surface area contributed by atoms with Gasteiger partial charge in [-0.3, -0.25) is 4.79 Å². The molecule has 0 bridgehead atoms. The zero-order valence-electron chi connectivity index (χ0n) is 13.6. The van der Waals surface area contributed by atoms with E-state index in [0.717, 1.165) is 38.8 Å². The van der Waals surface area contributed by atoms with Crippen LogP contribution in [-0.2, 0) is 4.79 Å². The first-order chi connectivity index (χ1) is 11.5. The van der Waals surface area contributed by atoms with Crippen molar-refractivity contribution in [1.82, 2.24) is 4.90 Å². The molecule has 1 aliphatic rings. The van der Waals surface area contributed by atoms with Crippen LogP contribution in [0.15, 0.2) is 24.3 Å². The van der Waals surface area contributed by atoms with E-state index in [1.807, 2.05) is 4.90 Å². The molecule has 0 aliphatic carbocycles. The third kappa shape index (κ3) is 6.29. The Morgan fingerprint density at radius 3 is 2.38 bits per heavy atom. The van der Waals surface area contributed by atoms with Crippen LogP contribution in [0.1, 0.15) is 32.1 Å². The van der Waals surface area contributed by atoms with E-state index in [0.29, 0.717) is 5.69 Å². The summed E-state index contributed by atoms with van der Waals surface area (Å²) in [5.74, 6) is 0.0535. The van der Waals surface area contributed by atoms with Gasteiger partial charge in [0.1, 0.15) is 5.75 Å². The fourth-order valence-corrected chi connectivity index (χ4v) is 2.68. The van der Waals surface area contributed by atoms with Crippen molar-refractivity contribution in [3.63, 3.8) is 0 Å². The number of nitrogens with zero attached hydrogens (tertiary/aromatic N) is 1. The molecule has 1 fully saturated rings. The average molecular weight is 344 g/mol. The second-order valence-corrected chi connectivity index (χ2v) is 5.90. The van der Waals surface area contributed by atoms with Crippen molar-refractivity contribution in [1.29, 1.82) is 0 Å². The maximum absolute atomic E-state index is 12.3. The Balaban J connectivity index is 1.89. The molecule has 134 valence electrons. The van der Waals surface area contributed by atoms with Crippen LogP contribution in [0.2, 0.25) is 0 Å². The molecule has 1 saturated heterocycles. The second kappa shape index (κ2) is 8.80. The first kappa shape index (κ1) is 18.4. The van der Waals surface area contributed by atoms with E-state index in [1.165, 1.54) is 12.5 Å². The van der Waals surface area contributed by atoms with Crippen molar-refractivity contribution >= 4 is 11.6 Å². The maximum atomic E-state index is 12.3. The number of anilines is 1. The highest BCUT2D eigenvalue weighted by atomic mass is 19.4. The normalized spacial score (nSPS) is 16.2. The number of carbonyl (C=O) groups excluding carboxylic acids is 1. The second-order valence-electron chi connectivity index (χ2n) is 5.90. The lowest BCUT2D eigenvalue weighted by atomic mass is 10.1. The molecule has 0 aromatic heterocycles. The van der Waals surface area contributed by atoms with Crippen LogP contribution < -0.4 is 10.1 Å². The summed E-state index contributed by atoms with van der Waals surface area (Å²) in [6.07, 6.45) is 1.07. The molecule has 1 N–H and O–H groups in total. The predicted molar refractivity (Wildman–Crippen MR) is 86.1 cm³/mol. The summed E-state index contributed by atoms with van der Waals surface area (Å²) < 4.78 is 41.7. The van der Waals surface area contributed by atoms with E-state index in [9.17, 15) is 18.0 Å². The van der Waals surface area contributed by atoms with E-state index in [4.69, 9.17) is 4.74 Å². The van der Waals surface area contributed by atoms with Gasteiger partial charge in [0.2, 0.25) is 5.91 Å². The Morgan fingerprint density at radius 1 is 1.08 bits per heavy atom. The van der Waals surface area contributed by atoms with Gasteiger partial charge in [-0.05, 0) is 25.0 Å². The minimum atomic E-state index is -4.40. The smallest absolute Gasteiger partial charge is 0.422 e. The standard InChI is InChI=1S/C17H23F3N2O2/c18-17(19,20)13-24-15-9-5-4-8-14(15)21-12-16(23)22-10-6-2-1-3-7-11-22/h4-5,8-9,21H,1-3,6-7,10-13H2. The fourth-order valence-electron chi connectivity index (χ4n) is 2.68. The van der Waals surface area contributed by atoms with Gasteiger partial charge in [0.15, 0.2) is 6.61 Å². The Labute approximate surface area is 140 Å². The molecule has 0 saturated carbocycles. The van der Waals surface area contributed by atoms with Crippen LogP contribution in [-0.4, -0.2) is 43.2 Å². The SMILES string of the molecule is O=C(CNc1ccccc1OCC(F)(F)F)N1CCCCCCC1. The van der Waals surface area contributed by atoms with Crippen LogP contribution in [0, 0.1) is 0 Å². The molecule has 0 spiro atoms. The van der Waals surface area contributed by atoms with Gasteiger partial charge in [-0.2, -0.15) is 13.2 Å². The molecule has 0 atom stereocenters. The lowest BCUT2D eigenvalue weighted by Gasteiger charge is -2.25. The maximum Gasteiger partial charge on any atom is 0.422 e. The summed E-state index contributed by atoms with van der Waals surface area (Å²) in [5.41, 5.74) is 0.391. The number of nitrogens with one attached hydrogen (secondary N) is 1. The molecule has 24 heavy (non-hydrogen) atoms. The number of alkyl halides is 3. The number of ether oxygens (including phenoxy) is 1. The van der Waals surface area contributed by atoms with E-state index in [-0.39, 0.29) is 18.2 Å². The quantitative estimate of drug-likeness (QED) is 0.883. The van der Waals surface area contributed by atoms with E-state index in [2.05, 4.69) is 5.32 Å². The molecular formula is C17H23F3N2O2. The van der Waals surface area contributed by atoms with E-state index >= 15 is 0 Å². The number of benzene rings is 1. The monoisotopic (exact) mass is 344 g/mol.